The lowest BCUT2D eigenvalue weighted by Gasteiger charge is -2.19. The van der Waals surface area contributed by atoms with E-state index in [2.05, 4.69) is 10.3 Å². The van der Waals surface area contributed by atoms with Crippen LogP contribution in [0.25, 0.3) is 10.9 Å². The maximum absolute atomic E-state index is 11.4. The second-order valence-corrected chi connectivity index (χ2v) is 5.06. The Hall–Kier alpha value is -1.94. The summed E-state index contributed by atoms with van der Waals surface area (Å²) in [6.07, 6.45) is 3.10. The first-order valence-corrected chi connectivity index (χ1v) is 6.93. The van der Waals surface area contributed by atoms with E-state index < -0.39 is 12.0 Å². The van der Waals surface area contributed by atoms with Gasteiger partial charge in [-0.05, 0) is 37.5 Å². The summed E-state index contributed by atoms with van der Waals surface area (Å²) < 4.78 is 0. The molecule has 4 heteroatoms. The number of pyridine rings is 1. The lowest BCUT2D eigenvalue weighted by atomic mass is 10.0. The van der Waals surface area contributed by atoms with Gasteiger partial charge in [-0.15, -0.1) is 0 Å². The van der Waals surface area contributed by atoms with E-state index in [-0.39, 0.29) is 6.04 Å². The molecular formula is C16H20N2O2. The fourth-order valence-electron chi connectivity index (χ4n) is 2.23. The highest BCUT2D eigenvalue weighted by atomic mass is 16.4. The predicted molar refractivity (Wildman–Crippen MR) is 79.8 cm³/mol. The van der Waals surface area contributed by atoms with Crippen molar-refractivity contribution in [2.24, 2.45) is 0 Å². The normalized spacial score (nSPS) is 14.1. The number of benzene rings is 1. The van der Waals surface area contributed by atoms with Gasteiger partial charge in [0.15, 0.2) is 0 Å². The van der Waals surface area contributed by atoms with Gasteiger partial charge in [0, 0.05) is 17.6 Å². The van der Waals surface area contributed by atoms with Gasteiger partial charge in [0.25, 0.3) is 0 Å². The summed E-state index contributed by atoms with van der Waals surface area (Å²) in [6, 6.07) is 9.32. The quantitative estimate of drug-likeness (QED) is 0.848. The van der Waals surface area contributed by atoms with Crippen LogP contribution in [-0.4, -0.2) is 28.1 Å². The van der Waals surface area contributed by atoms with Gasteiger partial charge < -0.3 is 10.4 Å². The van der Waals surface area contributed by atoms with Gasteiger partial charge in [0.2, 0.25) is 0 Å². The third-order valence-corrected chi connectivity index (χ3v) is 3.56. The summed E-state index contributed by atoms with van der Waals surface area (Å²) in [4.78, 5) is 15.7. The van der Waals surface area contributed by atoms with Crippen LogP contribution in [0.5, 0.6) is 0 Å². The number of carboxylic acids is 1. The molecule has 0 bridgehead atoms. The van der Waals surface area contributed by atoms with Crippen molar-refractivity contribution in [3.8, 4) is 0 Å². The molecule has 4 nitrogen and oxygen atoms in total. The average Bonchev–Trinajstić information content (AvgIpc) is 2.46. The molecule has 0 saturated carbocycles. The van der Waals surface area contributed by atoms with Gasteiger partial charge in [-0.25, -0.2) is 0 Å². The molecule has 0 fully saturated rings. The molecule has 2 aromatic rings. The Labute approximate surface area is 118 Å². The van der Waals surface area contributed by atoms with Crippen LogP contribution in [0.1, 0.15) is 25.8 Å². The van der Waals surface area contributed by atoms with Crippen LogP contribution >= 0.6 is 0 Å². The van der Waals surface area contributed by atoms with Gasteiger partial charge in [-0.3, -0.25) is 9.78 Å². The molecule has 1 heterocycles. The molecule has 1 aromatic carbocycles. The molecule has 0 spiro atoms. The van der Waals surface area contributed by atoms with Gasteiger partial charge in [0.1, 0.15) is 6.04 Å². The Morgan fingerprint density at radius 2 is 2.10 bits per heavy atom. The van der Waals surface area contributed by atoms with Crippen molar-refractivity contribution >= 4 is 16.9 Å². The van der Waals surface area contributed by atoms with Crippen LogP contribution in [0, 0.1) is 0 Å². The summed E-state index contributed by atoms with van der Waals surface area (Å²) in [5.74, 6) is -0.814. The Balaban J connectivity index is 2.26. The minimum absolute atomic E-state index is 0.184. The molecule has 0 amide bonds. The number of hydrogen-bond acceptors (Lipinski definition) is 3. The SMILES string of the molecule is CCC(C)NC(Cc1ccnc2ccccc12)C(=O)O. The topological polar surface area (TPSA) is 62.2 Å². The zero-order valence-electron chi connectivity index (χ0n) is 11.8. The lowest BCUT2D eigenvalue weighted by molar-refractivity contribution is -0.139. The first kappa shape index (κ1) is 14.5. The third kappa shape index (κ3) is 3.33. The fraction of sp³-hybridized carbons (Fsp3) is 0.375. The monoisotopic (exact) mass is 272 g/mol. The maximum atomic E-state index is 11.4. The summed E-state index contributed by atoms with van der Waals surface area (Å²) in [5, 5.41) is 13.6. The third-order valence-electron chi connectivity index (χ3n) is 3.56. The average molecular weight is 272 g/mol. The molecule has 0 saturated heterocycles. The minimum Gasteiger partial charge on any atom is -0.480 e. The van der Waals surface area contributed by atoms with Crippen LogP contribution in [0.2, 0.25) is 0 Å². The first-order valence-electron chi connectivity index (χ1n) is 6.93. The molecule has 20 heavy (non-hydrogen) atoms. The highest BCUT2D eigenvalue weighted by Gasteiger charge is 2.20. The second-order valence-electron chi connectivity index (χ2n) is 5.06. The zero-order chi connectivity index (χ0) is 14.5. The van der Waals surface area contributed by atoms with Crippen molar-refractivity contribution in [1.82, 2.24) is 10.3 Å². The molecular weight excluding hydrogens is 252 g/mol. The molecule has 1 aromatic heterocycles. The van der Waals surface area contributed by atoms with Crippen LogP contribution in [0.4, 0.5) is 0 Å². The highest BCUT2D eigenvalue weighted by Crippen LogP contribution is 2.18. The standard InChI is InChI=1S/C16H20N2O2/c1-3-11(2)18-15(16(19)20)10-12-8-9-17-14-7-5-4-6-13(12)14/h4-9,11,15,18H,3,10H2,1-2H3,(H,19,20). The van der Waals surface area contributed by atoms with Crippen LogP contribution < -0.4 is 5.32 Å². The molecule has 0 aliphatic heterocycles. The van der Waals surface area contributed by atoms with Crippen LogP contribution in [0.15, 0.2) is 36.5 Å². The molecule has 2 rings (SSSR count). The Morgan fingerprint density at radius 1 is 1.35 bits per heavy atom. The number of hydrogen-bond donors (Lipinski definition) is 2. The van der Waals surface area contributed by atoms with Crippen molar-refractivity contribution in [2.45, 2.75) is 38.8 Å². The number of rotatable bonds is 6. The number of para-hydroxylation sites is 1. The van der Waals surface area contributed by atoms with E-state index in [1.807, 2.05) is 44.2 Å². The van der Waals surface area contributed by atoms with Gasteiger partial charge in [-0.1, -0.05) is 25.1 Å². The first-order chi connectivity index (χ1) is 9.61. The van der Waals surface area contributed by atoms with E-state index in [0.717, 1.165) is 22.9 Å². The number of nitrogens with zero attached hydrogens (tertiary/aromatic N) is 1. The Kier molecular flexibility index (Phi) is 4.69. The predicted octanol–water partition coefficient (Wildman–Crippen LogP) is 2.62. The minimum atomic E-state index is -0.814. The molecule has 2 N–H and O–H groups in total. The molecule has 106 valence electrons. The lowest BCUT2D eigenvalue weighted by Crippen LogP contribution is -2.43. The van der Waals surface area contributed by atoms with E-state index in [4.69, 9.17) is 0 Å². The number of fused-ring (bicyclic) bond motifs is 1. The van der Waals surface area contributed by atoms with E-state index >= 15 is 0 Å². The molecule has 2 unspecified atom stereocenters. The molecule has 2 atom stereocenters. The zero-order valence-corrected chi connectivity index (χ0v) is 11.8. The number of carboxylic acid groups (broad SMARTS) is 1. The van der Waals surface area contributed by atoms with E-state index in [1.54, 1.807) is 6.20 Å². The summed E-state index contributed by atoms with van der Waals surface area (Å²) in [6.45, 7) is 4.04. The summed E-state index contributed by atoms with van der Waals surface area (Å²) in [7, 11) is 0. The van der Waals surface area contributed by atoms with Gasteiger partial charge >= 0.3 is 5.97 Å². The molecule has 0 radical (unpaired) electrons. The van der Waals surface area contributed by atoms with Crippen molar-refractivity contribution in [3.05, 3.63) is 42.1 Å². The number of nitrogens with one attached hydrogen (secondary N) is 1. The Bertz CT molecular complexity index is 593. The van der Waals surface area contributed by atoms with E-state index in [0.29, 0.717) is 6.42 Å². The van der Waals surface area contributed by atoms with Crippen LogP contribution in [-0.2, 0) is 11.2 Å². The van der Waals surface area contributed by atoms with E-state index in [1.165, 1.54) is 0 Å². The van der Waals surface area contributed by atoms with Gasteiger partial charge in [-0.2, -0.15) is 0 Å². The van der Waals surface area contributed by atoms with Crippen molar-refractivity contribution in [1.29, 1.82) is 0 Å². The largest absolute Gasteiger partial charge is 0.480 e. The second kappa shape index (κ2) is 6.48. The Morgan fingerprint density at radius 3 is 2.80 bits per heavy atom. The summed E-state index contributed by atoms with van der Waals surface area (Å²) in [5.41, 5.74) is 1.91. The van der Waals surface area contributed by atoms with Crippen LogP contribution in [0.3, 0.4) is 0 Å². The molecule has 0 aliphatic carbocycles. The van der Waals surface area contributed by atoms with Crippen molar-refractivity contribution in [2.75, 3.05) is 0 Å². The van der Waals surface area contributed by atoms with Gasteiger partial charge in [0.05, 0.1) is 5.52 Å². The number of aliphatic carboxylic acids is 1. The summed E-state index contributed by atoms with van der Waals surface area (Å²) >= 11 is 0. The number of aromatic nitrogens is 1. The maximum Gasteiger partial charge on any atom is 0.321 e. The molecule has 0 aliphatic rings. The van der Waals surface area contributed by atoms with E-state index in [9.17, 15) is 9.90 Å². The van der Waals surface area contributed by atoms with Crippen molar-refractivity contribution in [3.63, 3.8) is 0 Å². The fourth-order valence-corrected chi connectivity index (χ4v) is 2.23. The highest BCUT2D eigenvalue weighted by molar-refractivity contribution is 5.83. The number of carbonyl (C=O) groups is 1. The smallest absolute Gasteiger partial charge is 0.321 e. The van der Waals surface area contributed by atoms with Crippen molar-refractivity contribution < 1.29 is 9.90 Å².